The van der Waals surface area contributed by atoms with E-state index in [1.165, 1.54) is 4.90 Å². The van der Waals surface area contributed by atoms with Crippen molar-refractivity contribution in [1.82, 2.24) is 15.5 Å². The van der Waals surface area contributed by atoms with Crippen molar-refractivity contribution < 1.29 is 27.4 Å². The van der Waals surface area contributed by atoms with Crippen molar-refractivity contribution in [3.05, 3.63) is 24.3 Å². The standard InChI is InChI=1S/C17H24F3N3O3.ClH/c1-2-25-13-3-5-14(6-4-13)26-12-16(24)22-11-15(17(18,19)20)23-9-7-21-8-10-23;/h3-6,15,21H,2,7-12H2,1H3,(H,22,24);1H. The van der Waals surface area contributed by atoms with Crippen LogP contribution in [0.4, 0.5) is 13.2 Å². The molecular formula is C17H25ClF3N3O3. The van der Waals surface area contributed by atoms with Crippen LogP contribution in [0.2, 0.25) is 0 Å². The lowest BCUT2D eigenvalue weighted by Gasteiger charge is -2.35. The molecule has 6 nitrogen and oxygen atoms in total. The lowest BCUT2D eigenvalue weighted by atomic mass is 10.2. The van der Waals surface area contributed by atoms with Crippen LogP contribution >= 0.6 is 12.4 Å². The van der Waals surface area contributed by atoms with Crippen LogP contribution in [0.5, 0.6) is 11.5 Å². The Morgan fingerprint density at radius 3 is 2.26 bits per heavy atom. The summed E-state index contributed by atoms with van der Waals surface area (Å²) < 4.78 is 50.3. The molecule has 1 unspecified atom stereocenters. The molecule has 0 bridgehead atoms. The largest absolute Gasteiger partial charge is 0.494 e. The Morgan fingerprint density at radius 1 is 1.19 bits per heavy atom. The van der Waals surface area contributed by atoms with Gasteiger partial charge in [-0.2, -0.15) is 13.2 Å². The summed E-state index contributed by atoms with van der Waals surface area (Å²) in [6.45, 7) is 3.16. The third-order valence-corrected chi connectivity index (χ3v) is 3.97. The fourth-order valence-electron chi connectivity index (χ4n) is 2.65. The maximum atomic E-state index is 13.2. The maximum Gasteiger partial charge on any atom is 0.405 e. The lowest BCUT2D eigenvalue weighted by Crippen LogP contribution is -2.57. The number of nitrogens with zero attached hydrogens (tertiary/aromatic N) is 1. The van der Waals surface area contributed by atoms with Crippen molar-refractivity contribution in [3.8, 4) is 11.5 Å². The molecule has 0 aromatic heterocycles. The van der Waals surface area contributed by atoms with Gasteiger partial charge in [0, 0.05) is 32.7 Å². The number of hydrogen-bond acceptors (Lipinski definition) is 5. The number of hydrogen-bond donors (Lipinski definition) is 2. The van der Waals surface area contributed by atoms with E-state index in [-0.39, 0.29) is 19.0 Å². The zero-order chi connectivity index (χ0) is 19.0. The van der Waals surface area contributed by atoms with Crippen LogP contribution in [0, 0.1) is 0 Å². The smallest absolute Gasteiger partial charge is 0.405 e. The number of piperazine rings is 1. The van der Waals surface area contributed by atoms with Gasteiger partial charge in [0.1, 0.15) is 17.5 Å². The van der Waals surface area contributed by atoms with Crippen LogP contribution in [0.25, 0.3) is 0 Å². The Hall–Kier alpha value is -1.71. The molecule has 0 aliphatic carbocycles. The molecule has 0 saturated carbocycles. The van der Waals surface area contributed by atoms with Gasteiger partial charge in [-0.3, -0.25) is 9.69 Å². The first-order valence-corrected chi connectivity index (χ1v) is 8.54. The third kappa shape index (κ3) is 7.82. The minimum atomic E-state index is -4.40. The number of nitrogens with one attached hydrogen (secondary N) is 2. The van der Waals surface area contributed by atoms with Crippen molar-refractivity contribution in [3.63, 3.8) is 0 Å². The van der Waals surface area contributed by atoms with E-state index < -0.39 is 24.7 Å². The fourth-order valence-corrected chi connectivity index (χ4v) is 2.65. The molecule has 1 aromatic rings. The highest BCUT2D eigenvalue weighted by molar-refractivity contribution is 5.85. The highest BCUT2D eigenvalue weighted by Crippen LogP contribution is 2.24. The van der Waals surface area contributed by atoms with Crippen LogP contribution in [-0.4, -0.2) is 69.0 Å². The van der Waals surface area contributed by atoms with Gasteiger partial charge in [0.25, 0.3) is 5.91 Å². The average molecular weight is 412 g/mol. The van der Waals surface area contributed by atoms with Gasteiger partial charge >= 0.3 is 6.18 Å². The summed E-state index contributed by atoms with van der Waals surface area (Å²) in [5, 5.41) is 5.33. The molecule has 1 saturated heterocycles. The Kier molecular flexibility index (Phi) is 9.68. The van der Waals surface area contributed by atoms with Gasteiger partial charge in [-0.25, -0.2) is 0 Å². The zero-order valence-electron chi connectivity index (χ0n) is 15.1. The summed E-state index contributed by atoms with van der Waals surface area (Å²) in [4.78, 5) is 13.2. The second kappa shape index (κ2) is 11.2. The lowest BCUT2D eigenvalue weighted by molar-refractivity contribution is -0.184. The molecule has 1 fully saturated rings. The van der Waals surface area contributed by atoms with Crippen molar-refractivity contribution in [2.75, 3.05) is 45.9 Å². The van der Waals surface area contributed by atoms with Gasteiger partial charge in [-0.05, 0) is 31.2 Å². The molecule has 2 N–H and O–H groups in total. The number of rotatable bonds is 8. The van der Waals surface area contributed by atoms with Crippen LogP contribution < -0.4 is 20.1 Å². The van der Waals surface area contributed by atoms with Gasteiger partial charge in [0.2, 0.25) is 0 Å². The van der Waals surface area contributed by atoms with Crippen molar-refractivity contribution in [2.24, 2.45) is 0 Å². The number of alkyl halides is 3. The summed E-state index contributed by atoms with van der Waals surface area (Å²) in [6, 6.07) is 4.97. The summed E-state index contributed by atoms with van der Waals surface area (Å²) in [5.74, 6) is 0.523. The monoisotopic (exact) mass is 411 g/mol. The van der Waals surface area contributed by atoms with E-state index in [9.17, 15) is 18.0 Å². The van der Waals surface area contributed by atoms with E-state index in [0.717, 1.165) is 0 Å². The highest BCUT2D eigenvalue weighted by Gasteiger charge is 2.43. The zero-order valence-corrected chi connectivity index (χ0v) is 15.9. The molecule has 1 aliphatic heterocycles. The van der Waals surface area contributed by atoms with E-state index in [4.69, 9.17) is 9.47 Å². The molecule has 1 atom stereocenters. The molecule has 1 amide bonds. The van der Waals surface area contributed by atoms with Gasteiger partial charge in [-0.1, -0.05) is 0 Å². The molecule has 0 spiro atoms. The number of carbonyl (C=O) groups excluding carboxylic acids is 1. The first-order chi connectivity index (χ1) is 12.4. The van der Waals surface area contributed by atoms with Gasteiger partial charge in [-0.15, -0.1) is 12.4 Å². The minimum absolute atomic E-state index is 0. The second-order valence-corrected chi connectivity index (χ2v) is 5.84. The predicted octanol–water partition coefficient (Wildman–Crippen LogP) is 1.84. The normalized spacial score (nSPS) is 16.1. The molecule has 27 heavy (non-hydrogen) atoms. The number of halogens is 4. The molecule has 0 radical (unpaired) electrons. The molecule has 154 valence electrons. The van der Waals surface area contributed by atoms with Crippen LogP contribution in [-0.2, 0) is 4.79 Å². The topological polar surface area (TPSA) is 62.8 Å². The third-order valence-electron chi connectivity index (χ3n) is 3.97. The van der Waals surface area contributed by atoms with E-state index in [1.54, 1.807) is 24.3 Å². The Morgan fingerprint density at radius 2 is 1.74 bits per heavy atom. The van der Waals surface area contributed by atoms with Crippen LogP contribution in [0.3, 0.4) is 0 Å². The number of ether oxygens (including phenoxy) is 2. The fraction of sp³-hybridized carbons (Fsp3) is 0.588. The van der Waals surface area contributed by atoms with Gasteiger partial charge < -0.3 is 20.1 Å². The van der Waals surface area contributed by atoms with Gasteiger partial charge in [0.05, 0.1) is 6.61 Å². The Balaban J connectivity index is 0.00000364. The van der Waals surface area contributed by atoms with Crippen LogP contribution in [0.1, 0.15) is 6.92 Å². The van der Waals surface area contributed by atoms with Gasteiger partial charge in [0.15, 0.2) is 6.61 Å². The summed E-state index contributed by atoms with van der Waals surface area (Å²) in [7, 11) is 0. The van der Waals surface area contributed by atoms with Crippen LogP contribution in [0.15, 0.2) is 24.3 Å². The Bertz CT molecular complexity index is 567. The average Bonchev–Trinajstić information content (AvgIpc) is 2.61. The highest BCUT2D eigenvalue weighted by atomic mass is 35.5. The molecule has 1 aromatic carbocycles. The first kappa shape index (κ1) is 23.3. The quantitative estimate of drug-likeness (QED) is 0.683. The SMILES string of the molecule is CCOc1ccc(OCC(=O)NCC(N2CCNCC2)C(F)(F)F)cc1.Cl. The molecule has 10 heteroatoms. The molecule has 2 rings (SSSR count). The number of benzene rings is 1. The molecule has 1 aliphatic rings. The molecular weight excluding hydrogens is 387 g/mol. The summed E-state index contributed by atoms with van der Waals surface area (Å²) in [6.07, 6.45) is -4.40. The van der Waals surface area contributed by atoms with Crippen molar-refractivity contribution in [2.45, 2.75) is 19.1 Å². The second-order valence-electron chi connectivity index (χ2n) is 5.84. The van der Waals surface area contributed by atoms with Crippen molar-refractivity contribution in [1.29, 1.82) is 0 Å². The predicted molar refractivity (Wildman–Crippen MR) is 97.6 cm³/mol. The van der Waals surface area contributed by atoms with Crippen molar-refractivity contribution >= 4 is 18.3 Å². The van der Waals surface area contributed by atoms with E-state index in [1.807, 2.05) is 6.92 Å². The first-order valence-electron chi connectivity index (χ1n) is 8.54. The Labute approximate surface area is 162 Å². The summed E-state index contributed by atoms with van der Waals surface area (Å²) in [5.41, 5.74) is 0. The van der Waals surface area contributed by atoms with E-state index >= 15 is 0 Å². The molecule has 1 heterocycles. The maximum absolute atomic E-state index is 13.2. The van der Waals surface area contributed by atoms with E-state index in [2.05, 4.69) is 10.6 Å². The number of amides is 1. The minimum Gasteiger partial charge on any atom is -0.494 e. The number of carbonyl (C=O) groups is 1. The summed E-state index contributed by atoms with van der Waals surface area (Å²) >= 11 is 0. The van der Waals surface area contributed by atoms with E-state index in [0.29, 0.717) is 44.3 Å².